The Kier molecular flexibility index (Phi) is 3.73. The summed E-state index contributed by atoms with van der Waals surface area (Å²) in [5.41, 5.74) is 1.20. The van der Waals surface area contributed by atoms with Gasteiger partial charge in [0.25, 0.3) is 5.56 Å². The molecule has 0 spiro atoms. The lowest BCUT2D eigenvalue weighted by Gasteiger charge is -2.04. The van der Waals surface area contributed by atoms with Crippen molar-refractivity contribution in [3.05, 3.63) is 52.7 Å². The molecule has 0 aliphatic rings. The lowest BCUT2D eigenvalue weighted by Crippen LogP contribution is -2.13. The number of aromatic amines is 1. The van der Waals surface area contributed by atoms with E-state index in [0.29, 0.717) is 22.7 Å². The van der Waals surface area contributed by atoms with Crippen LogP contribution in [0, 0.1) is 0 Å². The van der Waals surface area contributed by atoms with Crippen LogP contribution in [0.15, 0.2) is 41.3 Å². The van der Waals surface area contributed by atoms with E-state index in [0.717, 1.165) is 24.8 Å². The molecular formula is C16H16N4O. The largest absolute Gasteiger partial charge is 0.310 e. The number of hydrogen-bond donors (Lipinski definition) is 1. The van der Waals surface area contributed by atoms with Crippen LogP contribution >= 0.6 is 0 Å². The summed E-state index contributed by atoms with van der Waals surface area (Å²) in [5.74, 6) is 1.27. The molecular weight excluding hydrogens is 264 g/mol. The third-order valence-electron chi connectivity index (χ3n) is 3.31. The van der Waals surface area contributed by atoms with Crippen LogP contribution in [0.5, 0.6) is 0 Å². The smallest absolute Gasteiger partial charge is 0.261 e. The summed E-state index contributed by atoms with van der Waals surface area (Å²) >= 11 is 0. The number of rotatable bonds is 4. The number of nitrogens with zero attached hydrogens (tertiary/aromatic N) is 3. The SMILES string of the molecule is CCCCc1nc2nc(-c3ccccc3)ncc2c(=O)[nH]1. The van der Waals surface area contributed by atoms with Crippen molar-refractivity contribution in [1.29, 1.82) is 0 Å². The van der Waals surface area contributed by atoms with Crippen LogP contribution in [0.3, 0.4) is 0 Å². The first-order valence-corrected chi connectivity index (χ1v) is 7.09. The Morgan fingerprint density at radius 1 is 1.14 bits per heavy atom. The molecule has 0 aliphatic heterocycles. The molecule has 0 saturated carbocycles. The number of benzene rings is 1. The van der Waals surface area contributed by atoms with E-state index in [2.05, 4.69) is 26.9 Å². The summed E-state index contributed by atoms with van der Waals surface area (Å²) in [7, 11) is 0. The van der Waals surface area contributed by atoms with Crippen molar-refractivity contribution < 1.29 is 0 Å². The van der Waals surface area contributed by atoms with Crippen LogP contribution in [0.1, 0.15) is 25.6 Å². The molecule has 0 saturated heterocycles. The average molecular weight is 280 g/mol. The minimum Gasteiger partial charge on any atom is -0.310 e. The zero-order chi connectivity index (χ0) is 14.7. The number of fused-ring (bicyclic) bond motifs is 1. The standard InChI is InChI=1S/C16H16N4O/c1-2-3-9-13-18-15-12(16(21)19-13)10-17-14(20-15)11-7-5-4-6-8-11/h4-8,10H,2-3,9H2,1H3,(H,17,18,19,20,21). The molecule has 0 unspecified atom stereocenters. The molecule has 0 radical (unpaired) electrons. The summed E-state index contributed by atoms with van der Waals surface area (Å²) in [4.78, 5) is 28.0. The molecule has 106 valence electrons. The maximum Gasteiger partial charge on any atom is 0.261 e. The lowest BCUT2D eigenvalue weighted by atomic mass is 10.2. The molecule has 0 fully saturated rings. The van der Waals surface area contributed by atoms with Crippen LogP contribution in [0.25, 0.3) is 22.4 Å². The van der Waals surface area contributed by atoms with E-state index in [1.807, 2.05) is 30.3 Å². The Morgan fingerprint density at radius 3 is 2.71 bits per heavy atom. The van der Waals surface area contributed by atoms with E-state index in [4.69, 9.17) is 0 Å². The number of hydrogen-bond acceptors (Lipinski definition) is 4. The quantitative estimate of drug-likeness (QED) is 0.797. The van der Waals surface area contributed by atoms with Crippen molar-refractivity contribution in [1.82, 2.24) is 19.9 Å². The van der Waals surface area contributed by atoms with Crippen molar-refractivity contribution >= 4 is 11.0 Å². The Hall–Kier alpha value is -2.56. The van der Waals surface area contributed by atoms with Crippen molar-refractivity contribution in [2.75, 3.05) is 0 Å². The molecule has 21 heavy (non-hydrogen) atoms. The minimum absolute atomic E-state index is 0.175. The zero-order valence-electron chi connectivity index (χ0n) is 11.8. The predicted octanol–water partition coefficient (Wildman–Crippen LogP) is 2.72. The van der Waals surface area contributed by atoms with Gasteiger partial charge in [-0.1, -0.05) is 43.7 Å². The van der Waals surface area contributed by atoms with Crippen LogP contribution in [-0.4, -0.2) is 19.9 Å². The topological polar surface area (TPSA) is 71.5 Å². The highest BCUT2D eigenvalue weighted by Gasteiger charge is 2.08. The average Bonchev–Trinajstić information content (AvgIpc) is 2.53. The van der Waals surface area contributed by atoms with Gasteiger partial charge in [0.2, 0.25) is 0 Å². The summed E-state index contributed by atoms with van der Waals surface area (Å²) in [6.07, 6.45) is 4.35. The molecule has 2 aromatic heterocycles. The van der Waals surface area contributed by atoms with Crippen LogP contribution in [-0.2, 0) is 6.42 Å². The molecule has 3 rings (SSSR count). The van der Waals surface area contributed by atoms with Gasteiger partial charge in [-0.05, 0) is 6.42 Å². The van der Waals surface area contributed by atoms with Gasteiger partial charge in [-0.3, -0.25) is 4.79 Å². The Bertz CT molecular complexity index is 811. The normalized spacial score (nSPS) is 10.9. The van der Waals surface area contributed by atoms with E-state index in [1.54, 1.807) is 6.20 Å². The van der Waals surface area contributed by atoms with Crippen LogP contribution in [0.2, 0.25) is 0 Å². The highest BCUT2D eigenvalue weighted by molar-refractivity contribution is 5.74. The fraction of sp³-hybridized carbons (Fsp3) is 0.250. The summed E-state index contributed by atoms with van der Waals surface area (Å²) < 4.78 is 0. The van der Waals surface area contributed by atoms with Gasteiger partial charge in [-0.25, -0.2) is 15.0 Å². The van der Waals surface area contributed by atoms with E-state index in [1.165, 1.54) is 0 Å². The number of unbranched alkanes of at least 4 members (excludes halogenated alkanes) is 1. The van der Waals surface area contributed by atoms with E-state index >= 15 is 0 Å². The van der Waals surface area contributed by atoms with E-state index in [-0.39, 0.29) is 5.56 Å². The Morgan fingerprint density at radius 2 is 1.95 bits per heavy atom. The third-order valence-corrected chi connectivity index (χ3v) is 3.31. The van der Waals surface area contributed by atoms with Crippen molar-refractivity contribution in [2.24, 2.45) is 0 Å². The maximum absolute atomic E-state index is 12.0. The molecule has 3 aromatic rings. The van der Waals surface area contributed by atoms with Crippen LogP contribution in [0.4, 0.5) is 0 Å². The summed E-state index contributed by atoms with van der Waals surface area (Å²) in [6, 6.07) is 9.68. The Labute approximate surface area is 122 Å². The third kappa shape index (κ3) is 2.81. The monoisotopic (exact) mass is 280 g/mol. The molecule has 0 atom stereocenters. The van der Waals surface area contributed by atoms with Gasteiger partial charge < -0.3 is 4.98 Å². The number of aromatic nitrogens is 4. The minimum atomic E-state index is -0.175. The first-order valence-electron chi connectivity index (χ1n) is 7.09. The molecule has 0 amide bonds. The molecule has 5 nitrogen and oxygen atoms in total. The predicted molar refractivity (Wildman–Crippen MR) is 82.0 cm³/mol. The molecule has 0 aliphatic carbocycles. The number of nitrogens with one attached hydrogen (secondary N) is 1. The molecule has 2 heterocycles. The fourth-order valence-electron chi connectivity index (χ4n) is 2.16. The van der Waals surface area contributed by atoms with Crippen molar-refractivity contribution in [3.8, 4) is 11.4 Å². The van der Waals surface area contributed by atoms with Crippen LogP contribution < -0.4 is 5.56 Å². The van der Waals surface area contributed by atoms with Gasteiger partial charge >= 0.3 is 0 Å². The summed E-state index contributed by atoms with van der Waals surface area (Å²) in [6.45, 7) is 2.11. The zero-order valence-corrected chi connectivity index (χ0v) is 11.8. The lowest BCUT2D eigenvalue weighted by molar-refractivity contribution is 0.752. The molecule has 1 aromatic carbocycles. The highest BCUT2D eigenvalue weighted by Crippen LogP contribution is 2.15. The number of H-pyrrole nitrogens is 1. The van der Waals surface area contributed by atoms with Gasteiger partial charge in [0.05, 0.1) is 0 Å². The first-order chi connectivity index (χ1) is 10.3. The summed E-state index contributed by atoms with van der Waals surface area (Å²) in [5, 5.41) is 0.426. The van der Waals surface area contributed by atoms with Gasteiger partial charge in [-0.15, -0.1) is 0 Å². The van der Waals surface area contributed by atoms with Gasteiger partial charge in [-0.2, -0.15) is 0 Å². The van der Waals surface area contributed by atoms with Crippen molar-refractivity contribution in [3.63, 3.8) is 0 Å². The highest BCUT2D eigenvalue weighted by atomic mass is 16.1. The molecule has 1 N–H and O–H groups in total. The fourth-order valence-corrected chi connectivity index (χ4v) is 2.16. The van der Waals surface area contributed by atoms with Gasteiger partial charge in [0.1, 0.15) is 11.2 Å². The second kappa shape index (κ2) is 5.83. The number of aryl methyl sites for hydroxylation is 1. The second-order valence-electron chi connectivity index (χ2n) is 4.91. The second-order valence-corrected chi connectivity index (χ2v) is 4.91. The van der Waals surface area contributed by atoms with Gasteiger partial charge in [0.15, 0.2) is 11.5 Å². The first kappa shape index (κ1) is 13.4. The molecule has 5 heteroatoms. The van der Waals surface area contributed by atoms with E-state index in [9.17, 15) is 4.79 Å². The maximum atomic E-state index is 12.0. The van der Waals surface area contributed by atoms with Crippen molar-refractivity contribution in [2.45, 2.75) is 26.2 Å². The van der Waals surface area contributed by atoms with Gasteiger partial charge in [0, 0.05) is 18.2 Å². The molecule has 0 bridgehead atoms. The van der Waals surface area contributed by atoms with E-state index < -0.39 is 0 Å². The Balaban J connectivity index is 2.09.